The molecule has 1 fully saturated rings. The van der Waals surface area contributed by atoms with Crippen molar-refractivity contribution in [3.63, 3.8) is 0 Å². The lowest BCUT2D eigenvalue weighted by Crippen LogP contribution is -2.44. The molecule has 0 aliphatic carbocycles. The van der Waals surface area contributed by atoms with Crippen LogP contribution in [0.4, 0.5) is 4.79 Å². The number of nitrogens with zero attached hydrogens (tertiary/aromatic N) is 2. The van der Waals surface area contributed by atoms with Crippen LogP contribution in [0.25, 0.3) is 0 Å². The Balaban J connectivity index is 1.35. The van der Waals surface area contributed by atoms with Crippen molar-refractivity contribution in [2.75, 3.05) is 32.8 Å². The van der Waals surface area contributed by atoms with E-state index < -0.39 is 11.7 Å². The molecule has 1 atom stereocenters. The highest BCUT2D eigenvalue weighted by Crippen LogP contribution is 2.20. The Labute approximate surface area is 168 Å². The topological polar surface area (TPSA) is 62.2 Å². The fourth-order valence-electron chi connectivity index (χ4n) is 3.84. The highest BCUT2D eigenvalue weighted by Gasteiger charge is 2.27. The van der Waals surface area contributed by atoms with Gasteiger partial charge in [0, 0.05) is 32.7 Å². The lowest BCUT2D eigenvalue weighted by molar-refractivity contribution is -0.0468. The zero-order chi connectivity index (χ0) is 20.1. The van der Waals surface area contributed by atoms with Crippen LogP contribution in [0.1, 0.15) is 44.7 Å². The van der Waals surface area contributed by atoms with Crippen molar-refractivity contribution in [1.29, 1.82) is 0 Å². The summed E-state index contributed by atoms with van der Waals surface area (Å²) in [7, 11) is 0. The molecule has 2 heterocycles. The highest BCUT2D eigenvalue weighted by atomic mass is 16.6. The fraction of sp³-hybridized carbons (Fsp3) is 0.682. The predicted octanol–water partition coefficient (Wildman–Crippen LogP) is 2.82. The second kappa shape index (κ2) is 9.25. The number of likely N-dealkylation sites (tertiary alicyclic amines) is 1. The molecule has 0 radical (unpaired) electrons. The molecule has 1 saturated heterocycles. The largest absolute Gasteiger partial charge is 0.444 e. The number of benzene rings is 1. The normalized spacial score (nSPS) is 19.9. The first-order valence-corrected chi connectivity index (χ1v) is 10.4. The number of aliphatic hydroxyl groups is 1. The molecule has 6 heteroatoms. The van der Waals surface area contributed by atoms with Gasteiger partial charge in [-0.3, -0.25) is 4.90 Å². The molecule has 1 N–H and O–H groups in total. The summed E-state index contributed by atoms with van der Waals surface area (Å²) in [5.74, 6) is 0. The second-order valence-corrected chi connectivity index (χ2v) is 8.91. The van der Waals surface area contributed by atoms with Gasteiger partial charge in [0.2, 0.25) is 0 Å². The van der Waals surface area contributed by atoms with Crippen molar-refractivity contribution in [3.05, 3.63) is 35.4 Å². The molecule has 2 aliphatic heterocycles. The minimum Gasteiger partial charge on any atom is -0.444 e. The lowest BCUT2D eigenvalue weighted by Gasteiger charge is -2.34. The molecule has 156 valence electrons. The number of ether oxygens (including phenoxy) is 2. The second-order valence-electron chi connectivity index (χ2n) is 8.91. The summed E-state index contributed by atoms with van der Waals surface area (Å²) in [6, 6.07) is 8.52. The average molecular weight is 391 g/mol. The van der Waals surface area contributed by atoms with Crippen LogP contribution >= 0.6 is 0 Å². The maximum Gasteiger partial charge on any atom is 0.410 e. The van der Waals surface area contributed by atoms with E-state index in [-0.39, 0.29) is 12.2 Å². The first-order chi connectivity index (χ1) is 13.3. The predicted molar refractivity (Wildman–Crippen MR) is 108 cm³/mol. The number of hydrogen-bond acceptors (Lipinski definition) is 5. The van der Waals surface area contributed by atoms with Crippen molar-refractivity contribution in [2.24, 2.45) is 0 Å². The molecule has 2 aliphatic rings. The van der Waals surface area contributed by atoms with Gasteiger partial charge >= 0.3 is 6.09 Å². The molecule has 6 nitrogen and oxygen atoms in total. The third-order valence-electron chi connectivity index (χ3n) is 5.30. The standard InChI is InChI=1S/C22H34N2O4/c1-22(2,3)28-21(26)24-12-9-20(10-13-24)27-16-19(25)15-23-11-8-17-6-4-5-7-18(17)14-23/h4-7,19-20,25H,8-16H2,1-3H3/t19-/m1/s1. The molecule has 0 spiro atoms. The Morgan fingerprint density at radius 3 is 2.54 bits per heavy atom. The van der Waals surface area contributed by atoms with Gasteiger partial charge in [0.1, 0.15) is 5.60 Å². The zero-order valence-corrected chi connectivity index (χ0v) is 17.4. The molecule has 0 bridgehead atoms. The fourth-order valence-corrected chi connectivity index (χ4v) is 3.84. The molecule has 0 aromatic heterocycles. The van der Waals surface area contributed by atoms with E-state index >= 15 is 0 Å². The quantitative estimate of drug-likeness (QED) is 0.838. The van der Waals surface area contributed by atoms with Crippen LogP contribution in [0, 0.1) is 0 Å². The molecule has 28 heavy (non-hydrogen) atoms. The smallest absolute Gasteiger partial charge is 0.410 e. The van der Waals surface area contributed by atoms with Gasteiger partial charge in [-0.05, 0) is 51.2 Å². The molecular formula is C22H34N2O4. The number of hydrogen-bond donors (Lipinski definition) is 1. The number of carbonyl (C=O) groups is 1. The lowest BCUT2D eigenvalue weighted by atomic mass is 10.00. The van der Waals surface area contributed by atoms with Gasteiger partial charge in [-0.15, -0.1) is 0 Å². The summed E-state index contributed by atoms with van der Waals surface area (Å²) in [6.07, 6.45) is 1.94. The van der Waals surface area contributed by atoms with E-state index in [1.165, 1.54) is 11.1 Å². The number of amides is 1. The maximum absolute atomic E-state index is 12.1. The van der Waals surface area contributed by atoms with E-state index in [0.29, 0.717) is 26.2 Å². The molecular weight excluding hydrogens is 356 g/mol. The van der Waals surface area contributed by atoms with Crippen LogP contribution in [-0.2, 0) is 22.4 Å². The van der Waals surface area contributed by atoms with Gasteiger partial charge in [0.05, 0.1) is 18.8 Å². The van der Waals surface area contributed by atoms with E-state index in [0.717, 1.165) is 32.4 Å². The Bertz CT molecular complexity index is 650. The SMILES string of the molecule is CC(C)(C)OC(=O)N1CCC(OC[C@H](O)CN2CCc3ccccc3C2)CC1. The summed E-state index contributed by atoms with van der Waals surface area (Å²) >= 11 is 0. The van der Waals surface area contributed by atoms with Gasteiger partial charge in [-0.1, -0.05) is 24.3 Å². The molecule has 0 saturated carbocycles. The number of fused-ring (bicyclic) bond motifs is 1. The van der Waals surface area contributed by atoms with Gasteiger partial charge in [-0.25, -0.2) is 4.79 Å². The molecule has 1 aromatic carbocycles. The molecule has 3 rings (SSSR count). The Hall–Kier alpha value is -1.63. The molecule has 0 unspecified atom stereocenters. The number of β-amino-alcohol motifs (C(OH)–C–C–N with tert-alkyl or cyclic N) is 1. The third kappa shape index (κ3) is 6.19. The maximum atomic E-state index is 12.1. The van der Waals surface area contributed by atoms with Crippen molar-refractivity contribution in [2.45, 2.75) is 64.4 Å². The van der Waals surface area contributed by atoms with Crippen molar-refractivity contribution in [3.8, 4) is 0 Å². The van der Waals surface area contributed by atoms with Gasteiger partial charge in [0.15, 0.2) is 0 Å². The first kappa shape index (κ1) is 21.1. The van der Waals surface area contributed by atoms with E-state index in [4.69, 9.17) is 9.47 Å². The van der Waals surface area contributed by atoms with Gasteiger partial charge < -0.3 is 19.5 Å². The zero-order valence-electron chi connectivity index (χ0n) is 17.4. The minimum absolute atomic E-state index is 0.0930. The average Bonchev–Trinajstić information content (AvgIpc) is 2.65. The Morgan fingerprint density at radius 1 is 1.18 bits per heavy atom. The highest BCUT2D eigenvalue weighted by molar-refractivity contribution is 5.68. The minimum atomic E-state index is -0.492. The van der Waals surface area contributed by atoms with Crippen LogP contribution < -0.4 is 0 Å². The van der Waals surface area contributed by atoms with E-state index in [9.17, 15) is 9.90 Å². The van der Waals surface area contributed by atoms with Crippen LogP contribution in [0.5, 0.6) is 0 Å². The van der Waals surface area contributed by atoms with Crippen molar-refractivity contribution < 1.29 is 19.4 Å². The summed E-state index contributed by atoms with van der Waals surface area (Å²) in [5, 5.41) is 10.4. The monoisotopic (exact) mass is 390 g/mol. The van der Waals surface area contributed by atoms with Crippen LogP contribution in [0.15, 0.2) is 24.3 Å². The van der Waals surface area contributed by atoms with Crippen molar-refractivity contribution >= 4 is 6.09 Å². The molecule has 1 amide bonds. The van der Waals surface area contributed by atoms with E-state index in [1.54, 1.807) is 4.90 Å². The van der Waals surface area contributed by atoms with Crippen LogP contribution in [0.2, 0.25) is 0 Å². The summed E-state index contributed by atoms with van der Waals surface area (Å²) in [5.41, 5.74) is 2.31. The van der Waals surface area contributed by atoms with Gasteiger partial charge in [-0.2, -0.15) is 0 Å². The van der Waals surface area contributed by atoms with Crippen molar-refractivity contribution in [1.82, 2.24) is 9.80 Å². The third-order valence-corrected chi connectivity index (χ3v) is 5.30. The van der Waals surface area contributed by atoms with E-state index in [1.807, 2.05) is 20.8 Å². The molecule has 1 aromatic rings. The summed E-state index contributed by atoms with van der Waals surface area (Å²) < 4.78 is 11.4. The van der Waals surface area contributed by atoms with Crippen LogP contribution in [0.3, 0.4) is 0 Å². The number of piperidine rings is 1. The summed E-state index contributed by atoms with van der Waals surface area (Å²) in [4.78, 5) is 16.1. The van der Waals surface area contributed by atoms with Crippen LogP contribution in [-0.4, -0.2) is 71.6 Å². The number of carbonyl (C=O) groups excluding carboxylic acids is 1. The summed E-state index contributed by atoms with van der Waals surface area (Å²) in [6.45, 7) is 9.75. The van der Waals surface area contributed by atoms with E-state index in [2.05, 4.69) is 29.2 Å². The number of aliphatic hydroxyl groups excluding tert-OH is 1. The number of rotatable bonds is 5. The Kier molecular flexibility index (Phi) is 6.96. The van der Waals surface area contributed by atoms with Gasteiger partial charge in [0.25, 0.3) is 0 Å². The first-order valence-electron chi connectivity index (χ1n) is 10.4. The Morgan fingerprint density at radius 2 is 1.86 bits per heavy atom.